The van der Waals surface area contributed by atoms with Crippen molar-refractivity contribution < 1.29 is 14.6 Å². The van der Waals surface area contributed by atoms with E-state index in [1.54, 1.807) is 25.3 Å². The number of carbonyl (C=O) groups is 1. The first-order chi connectivity index (χ1) is 9.13. The second-order valence-electron chi connectivity index (χ2n) is 3.67. The fourth-order valence-corrected chi connectivity index (χ4v) is 3.01. The largest absolute Gasteiger partial charge is 0.496 e. The molecule has 5 heteroatoms. The Labute approximate surface area is 120 Å². The van der Waals surface area contributed by atoms with Crippen molar-refractivity contribution in [3.8, 4) is 5.75 Å². The monoisotopic (exact) mass is 294 g/mol. The van der Waals surface area contributed by atoms with Gasteiger partial charge in [-0.2, -0.15) is 0 Å². The average molecular weight is 295 g/mol. The van der Waals surface area contributed by atoms with Crippen LogP contribution in [-0.2, 0) is 0 Å². The third-order valence-electron chi connectivity index (χ3n) is 2.48. The van der Waals surface area contributed by atoms with Gasteiger partial charge < -0.3 is 9.84 Å². The predicted octanol–water partition coefficient (Wildman–Crippen LogP) is 4.20. The summed E-state index contributed by atoms with van der Waals surface area (Å²) in [6.45, 7) is 0. The molecular weight excluding hydrogens is 284 g/mol. The molecule has 0 saturated carbocycles. The molecule has 0 bridgehead atoms. The van der Waals surface area contributed by atoms with E-state index in [-0.39, 0.29) is 10.6 Å². The molecule has 19 heavy (non-hydrogen) atoms. The Balaban J connectivity index is 2.44. The molecule has 2 aromatic rings. The Morgan fingerprint density at radius 1 is 1.16 bits per heavy atom. The molecule has 0 atom stereocenters. The smallest absolute Gasteiger partial charge is 0.338 e. The van der Waals surface area contributed by atoms with E-state index in [0.717, 1.165) is 4.90 Å². The number of halogens is 1. The molecule has 0 aliphatic heterocycles. The summed E-state index contributed by atoms with van der Waals surface area (Å²) in [7, 11) is 1.58. The van der Waals surface area contributed by atoms with Gasteiger partial charge in [0.05, 0.1) is 22.6 Å². The van der Waals surface area contributed by atoms with Gasteiger partial charge >= 0.3 is 5.97 Å². The van der Waals surface area contributed by atoms with Crippen LogP contribution in [0.3, 0.4) is 0 Å². The maximum Gasteiger partial charge on any atom is 0.338 e. The molecule has 0 fully saturated rings. The van der Waals surface area contributed by atoms with Crippen LogP contribution in [0.5, 0.6) is 5.75 Å². The third kappa shape index (κ3) is 3.03. The maximum atomic E-state index is 11.3. The highest BCUT2D eigenvalue weighted by Gasteiger charge is 2.16. The summed E-state index contributed by atoms with van der Waals surface area (Å²) in [5.41, 5.74) is 0.111. The molecule has 0 unspecified atom stereocenters. The van der Waals surface area contributed by atoms with Crippen LogP contribution in [0.1, 0.15) is 10.4 Å². The van der Waals surface area contributed by atoms with Crippen molar-refractivity contribution in [2.24, 2.45) is 0 Å². The number of aromatic carboxylic acids is 1. The predicted molar refractivity (Wildman–Crippen MR) is 75.5 cm³/mol. The SMILES string of the molecule is COc1ccccc1Sc1cccc(Cl)c1C(=O)O. The van der Waals surface area contributed by atoms with Crippen molar-refractivity contribution in [1.82, 2.24) is 0 Å². The zero-order valence-corrected chi connectivity index (χ0v) is 11.7. The van der Waals surface area contributed by atoms with Crippen molar-refractivity contribution in [2.75, 3.05) is 7.11 Å². The number of hydrogen-bond acceptors (Lipinski definition) is 3. The Morgan fingerprint density at radius 3 is 2.53 bits per heavy atom. The fourth-order valence-electron chi connectivity index (χ4n) is 1.62. The van der Waals surface area contributed by atoms with Crippen LogP contribution in [-0.4, -0.2) is 18.2 Å². The van der Waals surface area contributed by atoms with Crippen LogP contribution >= 0.6 is 23.4 Å². The molecule has 0 amide bonds. The van der Waals surface area contributed by atoms with Crippen LogP contribution in [0.25, 0.3) is 0 Å². The number of rotatable bonds is 4. The van der Waals surface area contributed by atoms with Crippen molar-refractivity contribution in [3.05, 3.63) is 53.1 Å². The minimum Gasteiger partial charge on any atom is -0.496 e. The zero-order chi connectivity index (χ0) is 13.8. The van der Waals surface area contributed by atoms with E-state index in [9.17, 15) is 9.90 Å². The van der Waals surface area contributed by atoms with Crippen molar-refractivity contribution in [1.29, 1.82) is 0 Å². The number of para-hydroxylation sites is 1. The van der Waals surface area contributed by atoms with Crippen LogP contribution in [0, 0.1) is 0 Å². The van der Waals surface area contributed by atoms with Gasteiger partial charge in [0.25, 0.3) is 0 Å². The number of methoxy groups -OCH3 is 1. The average Bonchev–Trinajstić information content (AvgIpc) is 2.39. The van der Waals surface area contributed by atoms with Crippen LogP contribution in [0.2, 0.25) is 5.02 Å². The van der Waals surface area contributed by atoms with Crippen molar-refractivity contribution in [3.63, 3.8) is 0 Å². The van der Waals surface area contributed by atoms with Crippen molar-refractivity contribution >= 4 is 29.3 Å². The Bertz CT molecular complexity index is 613. The minimum atomic E-state index is -1.04. The van der Waals surface area contributed by atoms with Gasteiger partial charge in [-0.3, -0.25) is 0 Å². The lowest BCUT2D eigenvalue weighted by Crippen LogP contribution is -2.00. The Hall–Kier alpha value is -1.65. The minimum absolute atomic E-state index is 0.111. The normalized spacial score (nSPS) is 10.2. The molecule has 98 valence electrons. The first kappa shape index (κ1) is 13.8. The molecular formula is C14H11ClO3S. The molecule has 0 heterocycles. The zero-order valence-electron chi connectivity index (χ0n) is 10.1. The van der Waals surface area contributed by atoms with Gasteiger partial charge in [-0.15, -0.1) is 0 Å². The molecule has 0 aliphatic carbocycles. The Kier molecular flexibility index (Phi) is 4.35. The molecule has 0 spiro atoms. The lowest BCUT2D eigenvalue weighted by atomic mass is 10.2. The third-order valence-corrected chi connectivity index (χ3v) is 3.91. The molecule has 3 nitrogen and oxygen atoms in total. The van der Waals surface area contributed by atoms with Crippen LogP contribution in [0.15, 0.2) is 52.3 Å². The van der Waals surface area contributed by atoms with E-state index in [1.165, 1.54) is 11.8 Å². The van der Waals surface area contributed by atoms with E-state index in [2.05, 4.69) is 0 Å². The second kappa shape index (κ2) is 5.99. The van der Waals surface area contributed by atoms with E-state index in [4.69, 9.17) is 16.3 Å². The lowest BCUT2D eigenvalue weighted by Gasteiger charge is -2.10. The quantitative estimate of drug-likeness (QED) is 0.918. The number of ether oxygens (including phenoxy) is 1. The highest BCUT2D eigenvalue weighted by atomic mass is 35.5. The van der Waals surface area contributed by atoms with E-state index >= 15 is 0 Å². The van der Waals surface area contributed by atoms with Crippen LogP contribution in [0.4, 0.5) is 0 Å². The van der Waals surface area contributed by atoms with Crippen molar-refractivity contribution in [2.45, 2.75) is 9.79 Å². The lowest BCUT2D eigenvalue weighted by molar-refractivity contribution is 0.0693. The fraction of sp³-hybridized carbons (Fsp3) is 0.0714. The molecule has 0 saturated heterocycles. The first-order valence-electron chi connectivity index (χ1n) is 5.46. The number of hydrogen-bond donors (Lipinski definition) is 1. The summed E-state index contributed by atoms with van der Waals surface area (Å²) in [6.07, 6.45) is 0. The summed E-state index contributed by atoms with van der Waals surface area (Å²) in [6, 6.07) is 12.5. The number of carboxylic acids is 1. The van der Waals surface area contributed by atoms with Gasteiger partial charge in [-0.05, 0) is 24.3 Å². The van der Waals surface area contributed by atoms with Gasteiger partial charge in [0, 0.05) is 4.90 Å². The van der Waals surface area contributed by atoms with Gasteiger partial charge in [0.1, 0.15) is 5.75 Å². The Morgan fingerprint density at radius 2 is 1.84 bits per heavy atom. The number of carboxylic acid groups (broad SMARTS) is 1. The van der Waals surface area contributed by atoms with Gasteiger partial charge in [0.15, 0.2) is 0 Å². The summed E-state index contributed by atoms with van der Waals surface area (Å²) < 4.78 is 5.25. The summed E-state index contributed by atoms with van der Waals surface area (Å²) >= 11 is 7.26. The standard InChI is InChI=1S/C14H11ClO3S/c1-18-10-6-2-3-7-11(10)19-12-8-4-5-9(15)13(12)14(16)17/h2-8H,1H3,(H,16,17). The van der Waals surface area contributed by atoms with E-state index in [1.807, 2.05) is 24.3 Å². The molecule has 2 aromatic carbocycles. The van der Waals surface area contributed by atoms with E-state index < -0.39 is 5.97 Å². The van der Waals surface area contributed by atoms with Gasteiger partial charge in [-0.1, -0.05) is 41.6 Å². The first-order valence-corrected chi connectivity index (χ1v) is 6.65. The van der Waals surface area contributed by atoms with Gasteiger partial charge in [-0.25, -0.2) is 4.79 Å². The topological polar surface area (TPSA) is 46.5 Å². The molecule has 0 aromatic heterocycles. The van der Waals surface area contributed by atoms with E-state index in [0.29, 0.717) is 10.6 Å². The molecule has 1 N–H and O–H groups in total. The molecule has 2 rings (SSSR count). The summed E-state index contributed by atoms with van der Waals surface area (Å²) in [4.78, 5) is 12.7. The molecule has 0 aliphatic rings. The highest BCUT2D eigenvalue weighted by Crippen LogP contribution is 2.38. The van der Waals surface area contributed by atoms with Crippen LogP contribution < -0.4 is 4.74 Å². The maximum absolute atomic E-state index is 11.3. The highest BCUT2D eigenvalue weighted by molar-refractivity contribution is 7.99. The van der Waals surface area contributed by atoms with Gasteiger partial charge in [0.2, 0.25) is 0 Å². The second-order valence-corrected chi connectivity index (χ2v) is 5.16. The summed E-state index contributed by atoms with van der Waals surface area (Å²) in [5.74, 6) is -0.341. The number of benzene rings is 2. The molecule has 0 radical (unpaired) electrons. The summed E-state index contributed by atoms with van der Waals surface area (Å²) in [5, 5.41) is 9.45.